The van der Waals surface area contributed by atoms with Crippen LogP contribution < -0.4 is 16.0 Å². The predicted molar refractivity (Wildman–Crippen MR) is 111 cm³/mol. The molecule has 2 aromatic heterocycles. The van der Waals surface area contributed by atoms with E-state index in [0.29, 0.717) is 18.8 Å². The summed E-state index contributed by atoms with van der Waals surface area (Å²) >= 11 is 0. The SMILES string of the molecule is CCC(=O)Nc1ccc([C@H](C)NC(=O)NCc2ccnc(-n3cccn3)c2)cc1. The van der Waals surface area contributed by atoms with Gasteiger partial charge in [-0.2, -0.15) is 5.10 Å². The van der Waals surface area contributed by atoms with Crippen molar-refractivity contribution in [2.75, 3.05) is 5.32 Å². The molecule has 0 bridgehead atoms. The third-order valence-corrected chi connectivity index (χ3v) is 4.37. The fourth-order valence-electron chi connectivity index (χ4n) is 2.72. The number of pyridine rings is 1. The Morgan fingerprint density at radius 1 is 1.14 bits per heavy atom. The van der Waals surface area contributed by atoms with Crippen LogP contribution in [0.2, 0.25) is 0 Å². The molecular formula is C21H24N6O2. The molecule has 1 atom stereocenters. The summed E-state index contributed by atoms with van der Waals surface area (Å²) in [7, 11) is 0. The number of hydrogen-bond donors (Lipinski definition) is 3. The molecule has 0 radical (unpaired) electrons. The van der Waals surface area contributed by atoms with Gasteiger partial charge in [-0.3, -0.25) is 4.79 Å². The van der Waals surface area contributed by atoms with E-state index in [4.69, 9.17) is 0 Å². The molecule has 0 fully saturated rings. The number of anilines is 1. The van der Waals surface area contributed by atoms with Crippen molar-refractivity contribution in [1.29, 1.82) is 0 Å². The zero-order chi connectivity index (χ0) is 20.6. The minimum Gasteiger partial charge on any atom is -0.334 e. The highest BCUT2D eigenvalue weighted by atomic mass is 16.2. The van der Waals surface area contributed by atoms with Gasteiger partial charge >= 0.3 is 6.03 Å². The molecule has 150 valence electrons. The molecule has 2 heterocycles. The van der Waals surface area contributed by atoms with Crippen LogP contribution in [0.15, 0.2) is 61.1 Å². The third kappa shape index (κ3) is 5.65. The minimum atomic E-state index is -0.265. The number of carbonyl (C=O) groups excluding carboxylic acids is 2. The molecule has 3 aromatic rings. The molecule has 29 heavy (non-hydrogen) atoms. The number of aromatic nitrogens is 3. The van der Waals surface area contributed by atoms with E-state index >= 15 is 0 Å². The number of urea groups is 1. The summed E-state index contributed by atoms with van der Waals surface area (Å²) in [6.45, 7) is 4.08. The average molecular weight is 392 g/mol. The monoisotopic (exact) mass is 392 g/mol. The highest BCUT2D eigenvalue weighted by Crippen LogP contribution is 2.16. The lowest BCUT2D eigenvalue weighted by molar-refractivity contribution is -0.115. The van der Waals surface area contributed by atoms with Crippen molar-refractivity contribution in [1.82, 2.24) is 25.4 Å². The molecule has 0 unspecified atom stereocenters. The number of carbonyl (C=O) groups is 2. The van der Waals surface area contributed by atoms with Gasteiger partial charge in [-0.05, 0) is 48.4 Å². The van der Waals surface area contributed by atoms with Crippen molar-refractivity contribution in [3.05, 3.63) is 72.2 Å². The van der Waals surface area contributed by atoms with E-state index in [1.54, 1.807) is 24.0 Å². The number of amides is 3. The van der Waals surface area contributed by atoms with E-state index in [0.717, 1.165) is 16.8 Å². The Bertz CT molecular complexity index is 954. The van der Waals surface area contributed by atoms with Crippen LogP contribution in [0.4, 0.5) is 10.5 Å². The van der Waals surface area contributed by atoms with Gasteiger partial charge in [-0.15, -0.1) is 0 Å². The maximum atomic E-state index is 12.3. The van der Waals surface area contributed by atoms with Crippen molar-refractivity contribution >= 4 is 17.6 Å². The molecule has 3 amide bonds. The summed E-state index contributed by atoms with van der Waals surface area (Å²) in [4.78, 5) is 28.0. The normalized spacial score (nSPS) is 11.5. The zero-order valence-electron chi connectivity index (χ0n) is 16.4. The Kier molecular flexibility index (Phi) is 6.57. The number of nitrogens with one attached hydrogen (secondary N) is 3. The fraction of sp³-hybridized carbons (Fsp3) is 0.238. The van der Waals surface area contributed by atoms with Crippen LogP contribution >= 0.6 is 0 Å². The second kappa shape index (κ2) is 9.50. The molecular weight excluding hydrogens is 368 g/mol. The van der Waals surface area contributed by atoms with E-state index in [1.807, 2.05) is 55.6 Å². The Labute approximate surface area is 169 Å². The second-order valence-corrected chi connectivity index (χ2v) is 6.55. The minimum absolute atomic E-state index is 0.0323. The van der Waals surface area contributed by atoms with E-state index < -0.39 is 0 Å². The fourth-order valence-corrected chi connectivity index (χ4v) is 2.72. The van der Waals surface area contributed by atoms with Gasteiger partial charge in [0.05, 0.1) is 6.04 Å². The van der Waals surface area contributed by atoms with Crippen molar-refractivity contribution in [2.45, 2.75) is 32.9 Å². The topological polar surface area (TPSA) is 101 Å². The molecule has 1 aromatic carbocycles. The summed E-state index contributed by atoms with van der Waals surface area (Å²) in [5.74, 6) is 0.661. The summed E-state index contributed by atoms with van der Waals surface area (Å²) in [5.41, 5.74) is 2.60. The summed E-state index contributed by atoms with van der Waals surface area (Å²) in [6.07, 6.45) is 5.62. The van der Waals surface area contributed by atoms with Crippen molar-refractivity contribution in [3.63, 3.8) is 0 Å². The number of nitrogens with zero attached hydrogens (tertiary/aromatic N) is 3. The van der Waals surface area contributed by atoms with Gasteiger partial charge in [-0.25, -0.2) is 14.5 Å². The maximum absolute atomic E-state index is 12.3. The molecule has 0 saturated carbocycles. The largest absolute Gasteiger partial charge is 0.334 e. The van der Waals surface area contributed by atoms with Crippen LogP contribution in [0.5, 0.6) is 0 Å². The standard InChI is InChI=1S/C21H24N6O2/c1-3-20(28)26-18-7-5-17(6-8-18)15(2)25-21(29)23-14-16-9-11-22-19(13-16)27-12-4-10-24-27/h4-13,15H,3,14H2,1-2H3,(H,26,28)(H2,23,25,29)/t15-/m0/s1. The van der Waals surface area contributed by atoms with Crippen molar-refractivity contribution in [2.24, 2.45) is 0 Å². The summed E-state index contributed by atoms with van der Waals surface area (Å²) < 4.78 is 1.66. The lowest BCUT2D eigenvalue weighted by atomic mass is 10.1. The van der Waals surface area contributed by atoms with Crippen LogP contribution in [-0.2, 0) is 11.3 Å². The summed E-state index contributed by atoms with van der Waals surface area (Å²) in [6, 6.07) is 12.5. The first-order chi connectivity index (χ1) is 14.0. The number of benzene rings is 1. The molecule has 8 heteroatoms. The number of hydrogen-bond acceptors (Lipinski definition) is 4. The lowest BCUT2D eigenvalue weighted by Crippen LogP contribution is -2.36. The molecule has 3 rings (SSSR count). The van der Waals surface area contributed by atoms with Crippen LogP contribution in [0, 0.1) is 0 Å². The molecule has 8 nitrogen and oxygen atoms in total. The average Bonchev–Trinajstić information content (AvgIpc) is 3.28. The predicted octanol–water partition coefficient (Wildman–Crippen LogP) is 3.18. The molecule has 0 aliphatic rings. The van der Waals surface area contributed by atoms with Gasteiger partial charge in [0.15, 0.2) is 5.82 Å². The second-order valence-electron chi connectivity index (χ2n) is 6.55. The van der Waals surface area contributed by atoms with E-state index in [1.165, 1.54) is 0 Å². The van der Waals surface area contributed by atoms with E-state index in [-0.39, 0.29) is 18.0 Å². The van der Waals surface area contributed by atoms with Crippen molar-refractivity contribution in [3.8, 4) is 5.82 Å². The first-order valence-electron chi connectivity index (χ1n) is 9.44. The highest BCUT2D eigenvalue weighted by Gasteiger charge is 2.10. The quantitative estimate of drug-likeness (QED) is 0.575. The van der Waals surface area contributed by atoms with Gasteiger partial charge in [0.2, 0.25) is 5.91 Å². The van der Waals surface area contributed by atoms with Crippen LogP contribution in [0.1, 0.15) is 37.4 Å². The zero-order valence-corrected chi connectivity index (χ0v) is 16.4. The van der Waals surface area contributed by atoms with Gasteiger partial charge in [-0.1, -0.05) is 19.1 Å². The molecule has 0 saturated heterocycles. The van der Waals surface area contributed by atoms with Gasteiger partial charge in [0, 0.05) is 37.2 Å². The Morgan fingerprint density at radius 2 is 1.93 bits per heavy atom. The maximum Gasteiger partial charge on any atom is 0.315 e. The lowest BCUT2D eigenvalue weighted by Gasteiger charge is -2.16. The van der Waals surface area contributed by atoms with E-state index in [9.17, 15) is 9.59 Å². The molecule has 3 N–H and O–H groups in total. The molecule has 0 spiro atoms. The molecule has 0 aliphatic carbocycles. The van der Waals surface area contributed by atoms with Crippen molar-refractivity contribution < 1.29 is 9.59 Å². The Balaban J connectivity index is 1.51. The highest BCUT2D eigenvalue weighted by molar-refractivity contribution is 5.90. The Morgan fingerprint density at radius 3 is 2.62 bits per heavy atom. The first kappa shape index (κ1) is 20.1. The van der Waals surface area contributed by atoms with E-state index in [2.05, 4.69) is 26.0 Å². The van der Waals surface area contributed by atoms with Crippen LogP contribution in [-0.4, -0.2) is 26.7 Å². The number of rotatable bonds is 7. The molecule has 0 aliphatic heterocycles. The van der Waals surface area contributed by atoms with Crippen LogP contribution in [0.3, 0.4) is 0 Å². The van der Waals surface area contributed by atoms with Gasteiger partial charge < -0.3 is 16.0 Å². The Hall–Kier alpha value is -3.68. The summed E-state index contributed by atoms with van der Waals surface area (Å²) in [5, 5.41) is 12.7. The third-order valence-electron chi connectivity index (χ3n) is 4.37. The smallest absolute Gasteiger partial charge is 0.315 e. The van der Waals surface area contributed by atoms with Crippen LogP contribution in [0.25, 0.3) is 5.82 Å². The van der Waals surface area contributed by atoms with Gasteiger partial charge in [0.1, 0.15) is 0 Å². The van der Waals surface area contributed by atoms with Gasteiger partial charge in [0.25, 0.3) is 0 Å². The first-order valence-corrected chi connectivity index (χ1v) is 9.44.